The Bertz CT molecular complexity index is 851. The van der Waals surface area contributed by atoms with Crippen LogP contribution in [0.5, 0.6) is 0 Å². The number of urea groups is 1. The maximum absolute atomic E-state index is 12.3. The topological polar surface area (TPSA) is 96.5 Å². The molecule has 1 atom stereocenters. The minimum absolute atomic E-state index is 0.0549. The fourth-order valence-electron chi connectivity index (χ4n) is 3.00. The smallest absolute Gasteiger partial charge is 0.338 e. The molecule has 2 aromatic carbocycles. The molecule has 0 aliphatic carbocycles. The number of benzene rings is 2. The molecule has 0 fully saturated rings. The molecule has 0 aromatic heterocycles. The second-order valence-corrected chi connectivity index (χ2v) is 7.57. The summed E-state index contributed by atoms with van der Waals surface area (Å²) in [5, 5.41) is 8.41. The van der Waals surface area contributed by atoms with E-state index >= 15 is 0 Å². The van der Waals surface area contributed by atoms with E-state index in [1.807, 2.05) is 44.2 Å². The number of amides is 3. The highest BCUT2D eigenvalue weighted by Crippen LogP contribution is 2.18. The highest BCUT2D eigenvalue weighted by Gasteiger charge is 2.16. The number of esters is 1. The Balaban J connectivity index is 1.82. The van der Waals surface area contributed by atoms with Crippen molar-refractivity contribution in [2.75, 3.05) is 6.61 Å². The van der Waals surface area contributed by atoms with Crippen molar-refractivity contribution in [2.24, 2.45) is 0 Å². The van der Waals surface area contributed by atoms with E-state index in [-0.39, 0.29) is 30.6 Å². The van der Waals surface area contributed by atoms with Crippen LogP contribution < -0.4 is 16.0 Å². The van der Waals surface area contributed by atoms with Crippen molar-refractivity contribution in [3.8, 4) is 0 Å². The molecule has 0 aliphatic rings. The van der Waals surface area contributed by atoms with Crippen LogP contribution >= 0.6 is 0 Å². The number of carbonyl (C=O) groups excluding carboxylic acids is 3. The number of rotatable bonds is 10. The fraction of sp³-hybridized carbons (Fsp3) is 0.375. The Kier molecular flexibility index (Phi) is 9.55. The van der Waals surface area contributed by atoms with E-state index in [2.05, 4.69) is 22.9 Å². The normalized spacial score (nSPS) is 11.5. The Morgan fingerprint density at radius 2 is 1.61 bits per heavy atom. The molecule has 31 heavy (non-hydrogen) atoms. The van der Waals surface area contributed by atoms with Gasteiger partial charge in [-0.05, 0) is 43.5 Å². The van der Waals surface area contributed by atoms with Gasteiger partial charge in [-0.25, -0.2) is 9.59 Å². The predicted molar refractivity (Wildman–Crippen MR) is 119 cm³/mol. The van der Waals surface area contributed by atoms with Crippen molar-refractivity contribution in [1.29, 1.82) is 0 Å². The lowest BCUT2D eigenvalue weighted by Crippen LogP contribution is -2.39. The summed E-state index contributed by atoms with van der Waals surface area (Å²) >= 11 is 0. The summed E-state index contributed by atoms with van der Waals surface area (Å²) in [4.78, 5) is 36.2. The third kappa shape index (κ3) is 8.50. The first kappa shape index (κ1) is 23.9. The van der Waals surface area contributed by atoms with Crippen LogP contribution in [0.4, 0.5) is 4.79 Å². The van der Waals surface area contributed by atoms with E-state index in [4.69, 9.17) is 4.74 Å². The molecule has 166 valence electrons. The van der Waals surface area contributed by atoms with Gasteiger partial charge in [0, 0.05) is 12.6 Å². The van der Waals surface area contributed by atoms with Crippen LogP contribution in [-0.2, 0) is 16.1 Å². The van der Waals surface area contributed by atoms with Crippen molar-refractivity contribution >= 4 is 17.9 Å². The van der Waals surface area contributed by atoms with Gasteiger partial charge < -0.3 is 20.7 Å². The summed E-state index contributed by atoms with van der Waals surface area (Å²) in [6.07, 6.45) is 1.72. The SMILES string of the molecule is CCC[C@H](NC(=O)COC(=O)c1ccc(CNC(=O)NC(C)C)cc1)c1ccccc1. The van der Waals surface area contributed by atoms with Gasteiger partial charge in [-0.15, -0.1) is 0 Å². The minimum Gasteiger partial charge on any atom is -0.452 e. The molecular formula is C24H31N3O4. The second-order valence-electron chi connectivity index (χ2n) is 7.57. The van der Waals surface area contributed by atoms with Crippen LogP contribution in [0, 0.1) is 0 Å². The molecule has 3 N–H and O–H groups in total. The minimum atomic E-state index is -0.570. The summed E-state index contributed by atoms with van der Waals surface area (Å²) in [5.41, 5.74) is 2.21. The van der Waals surface area contributed by atoms with Crippen LogP contribution in [0.3, 0.4) is 0 Å². The van der Waals surface area contributed by atoms with Gasteiger partial charge in [0.1, 0.15) is 0 Å². The van der Waals surface area contributed by atoms with Gasteiger partial charge >= 0.3 is 12.0 Å². The van der Waals surface area contributed by atoms with Crippen LogP contribution in [0.25, 0.3) is 0 Å². The highest BCUT2D eigenvalue weighted by molar-refractivity contribution is 5.91. The molecular weight excluding hydrogens is 394 g/mol. The Morgan fingerprint density at radius 3 is 2.23 bits per heavy atom. The van der Waals surface area contributed by atoms with Crippen molar-refractivity contribution in [3.05, 3.63) is 71.3 Å². The molecule has 0 bridgehead atoms. The fourth-order valence-corrected chi connectivity index (χ4v) is 3.00. The van der Waals surface area contributed by atoms with Gasteiger partial charge in [0.05, 0.1) is 11.6 Å². The highest BCUT2D eigenvalue weighted by atomic mass is 16.5. The van der Waals surface area contributed by atoms with E-state index in [0.29, 0.717) is 12.1 Å². The Morgan fingerprint density at radius 1 is 0.935 bits per heavy atom. The van der Waals surface area contributed by atoms with Crippen molar-refractivity contribution in [2.45, 2.75) is 52.2 Å². The number of hydrogen-bond acceptors (Lipinski definition) is 4. The lowest BCUT2D eigenvalue weighted by Gasteiger charge is -2.18. The van der Waals surface area contributed by atoms with Crippen LogP contribution in [-0.4, -0.2) is 30.6 Å². The van der Waals surface area contributed by atoms with Gasteiger partial charge in [0.15, 0.2) is 6.61 Å². The average Bonchev–Trinajstić information content (AvgIpc) is 2.76. The molecule has 7 heteroatoms. The Hall–Kier alpha value is -3.35. The first-order chi connectivity index (χ1) is 14.9. The molecule has 0 saturated heterocycles. The summed E-state index contributed by atoms with van der Waals surface area (Å²) < 4.78 is 5.16. The molecule has 0 heterocycles. The molecule has 3 amide bonds. The van der Waals surface area contributed by atoms with E-state index in [1.165, 1.54) is 0 Å². The van der Waals surface area contributed by atoms with Crippen molar-refractivity contribution < 1.29 is 19.1 Å². The molecule has 7 nitrogen and oxygen atoms in total. The first-order valence-electron chi connectivity index (χ1n) is 10.5. The largest absolute Gasteiger partial charge is 0.452 e. The zero-order valence-electron chi connectivity index (χ0n) is 18.3. The van der Waals surface area contributed by atoms with Crippen molar-refractivity contribution in [3.63, 3.8) is 0 Å². The van der Waals surface area contributed by atoms with E-state index in [0.717, 1.165) is 24.0 Å². The maximum Gasteiger partial charge on any atom is 0.338 e. The van der Waals surface area contributed by atoms with Gasteiger partial charge in [-0.1, -0.05) is 55.8 Å². The van der Waals surface area contributed by atoms with E-state index < -0.39 is 5.97 Å². The standard InChI is InChI=1S/C24H31N3O4/c1-4-8-21(19-9-6-5-7-10-19)27-22(28)16-31-23(29)20-13-11-18(12-14-20)15-25-24(30)26-17(2)3/h5-7,9-14,17,21H,4,8,15-16H2,1-3H3,(H,27,28)(H2,25,26,30)/t21-/m0/s1. The van der Waals surface area contributed by atoms with Gasteiger partial charge in [-0.3, -0.25) is 4.79 Å². The molecule has 0 spiro atoms. The maximum atomic E-state index is 12.3. The molecule has 2 aromatic rings. The zero-order chi connectivity index (χ0) is 22.6. The second kappa shape index (κ2) is 12.4. The third-order valence-corrected chi connectivity index (χ3v) is 4.51. The van der Waals surface area contributed by atoms with Crippen molar-refractivity contribution in [1.82, 2.24) is 16.0 Å². The summed E-state index contributed by atoms with van der Waals surface area (Å²) in [6.45, 7) is 5.81. The molecule has 0 saturated carbocycles. The summed E-state index contributed by atoms with van der Waals surface area (Å²) in [5.74, 6) is -0.911. The number of nitrogens with one attached hydrogen (secondary N) is 3. The van der Waals surface area contributed by atoms with Crippen LogP contribution in [0.1, 0.15) is 61.1 Å². The third-order valence-electron chi connectivity index (χ3n) is 4.51. The zero-order valence-corrected chi connectivity index (χ0v) is 18.3. The molecule has 0 unspecified atom stereocenters. The van der Waals surface area contributed by atoms with Crippen LogP contribution in [0.2, 0.25) is 0 Å². The van der Waals surface area contributed by atoms with Gasteiger partial charge in [-0.2, -0.15) is 0 Å². The quantitative estimate of drug-likeness (QED) is 0.506. The average molecular weight is 426 g/mol. The molecule has 2 rings (SSSR count). The lowest BCUT2D eigenvalue weighted by molar-refractivity contribution is -0.125. The van der Waals surface area contributed by atoms with Gasteiger partial charge in [0.25, 0.3) is 5.91 Å². The summed E-state index contributed by atoms with van der Waals surface area (Å²) in [6, 6.07) is 16.1. The van der Waals surface area contributed by atoms with E-state index in [9.17, 15) is 14.4 Å². The Labute approximate surface area is 183 Å². The number of ether oxygens (including phenoxy) is 1. The van der Waals surface area contributed by atoms with E-state index in [1.54, 1.807) is 24.3 Å². The predicted octanol–water partition coefficient (Wildman–Crippen LogP) is 3.71. The van der Waals surface area contributed by atoms with Gasteiger partial charge in [0.2, 0.25) is 0 Å². The lowest BCUT2D eigenvalue weighted by atomic mass is 10.0. The number of carbonyl (C=O) groups is 3. The van der Waals surface area contributed by atoms with Crippen LogP contribution in [0.15, 0.2) is 54.6 Å². The number of hydrogen-bond donors (Lipinski definition) is 3. The first-order valence-corrected chi connectivity index (χ1v) is 10.5. The molecule has 0 radical (unpaired) electrons. The monoisotopic (exact) mass is 425 g/mol. The molecule has 0 aliphatic heterocycles. The summed E-state index contributed by atoms with van der Waals surface area (Å²) in [7, 11) is 0.